The summed E-state index contributed by atoms with van der Waals surface area (Å²) in [5, 5.41) is 2.77. The number of amides is 1. The van der Waals surface area contributed by atoms with Crippen molar-refractivity contribution in [3.63, 3.8) is 0 Å². The fraction of sp³-hybridized carbons (Fsp3) is 0.188. The number of carbonyl (C=O) groups is 1. The smallest absolute Gasteiger partial charge is 0.255 e. The monoisotopic (exact) mass is 474 g/mol. The minimum Gasteiger partial charge on any atom is -0.322 e. The fourth-order valence-corrected chi connectivity index (χ4v) is 4.06. The summed E-state index contributed by atoms with van der Waals surface area (Å²) in [7, 11) is -0.761. The summed E-state index contributed by atoms with van der Waals surface area (Å²) in [4.78, 5) is 12.5. The molecule has 0 aliphatic carbocycles. The number of halogens is 2. The van der Waals surface area contributed by atoms with Crippen molar-refractivity contribution in [3.8, 4) is 0 Å². The zero-order chi connectivity index (χ0) is 18.1. The summed E-state index contributed by atoms with van der Waals surface area (Å²) in [6.45, 7) is 1.92. The molecule has 2 aromatic carbocycles. The van der Waals surface area contributed by atoms with Gasteiger partial charge in [0.1, 0.15) is 0 Å². The highest BCUT2D eigenvalue weighted by molar-refractivity contribution is 9.10. The maximum absolute atomic E-state index is 12.4. The second-order valence-corrected chi connectivity index (χ2v) is 9.18. The van der Waals surface area contributed by atoms with Crippen LogP contribution in [0.4, 0.5) is 5.69 Å². The number of benzene rings is 2. The largest absolute Gasteiger partial charge is 0.322 e. The molecule has 0 spiro atoms. The van der Waals surface area contributed by atoms with E-state index in [0.29, 0.717) is 10.2 Å². The van der Waals surface area contributed by atoms with Gasteiger partial charge in [-0.15, -0.1) is 0 Å². The molecule has 2 aromatic rings. The third-order valence-electron chi connectivity index (χ3n) is 3.37. The first-order valence-corrected chi connectivity index (χ1v) is 9.95. The molecule has 0 atom stereocenters. The number of hydrogen-bond acceptors (Lipinski definition) is 3. The van der Waals surface area contributed by atoms with Gasteiger partial charge in [-0.05, 0) is 64.8 Å². The van der Waals surface area contributed by atoms with E-state index in [-0.39, 0.29) is 16.4 Å². The van der Waals surface area contributed by atoms with E-state index in [9.17, 15) is 13.2 Å². The van der Waals surface area contributed by atoms with Crippen LogP contribution in [0.3, 0.4) is 0 Å². The van der Waals surface area contributed by atoms with Crippen LogP contribution in [-0.2, 0) is 10.0 Å². The van der Waals surface area contributed by atoms with Gasteiger partial charge >= 0.3 is 0 Å². The Kier molecular flexibility index (Phi) is 5.85. The highest BCUT2D eigenvalue weighted by Gasteiger charge is 2.22. The van der Waals surface area contributed by atoms with Crippen LogP contribution in [0.2, 0.25) is 0 Å². The second kappa shape index (κ2) is 7.35. The van der Waals surface area contributed by atoms with E-state index < -0.39 is 10.0 Å². The summed E-state index contributed by atoms with van der Waals surface area (Å²) in [6.07, 6.45) is 0. The van der Waals surface area contributed by atoms with Crippen molar-refractivity contribution >= 4 is 53.5 Å². The summed E-state index contributed by atoms with van der Waals surface area (Å²) >= 11 is 6.63. The van der Waals surface area contributed by atoms with Crippen LogP contribution in [0.5, 0.6) is 0 Å². The lowest BCUT2D eigenvalue weighted by Crippen LogP contribution is -2.23. The number of anilines is 1. The van der Waals surface area contributed by atoms with E-state index in [1.807, 2.05) is 19.1 Å². The van der Waals surface area contributed by atoms with Crippen LogP contribution < -0.4 is 5.32 Å². The van der Waals surface area contributed by atoms with Crippen molar-refractivity contribution in [2.75, 3.05) is 19.4 Å². The van der Waals surface area contributed by atoms with E-state index >= 15 is 0 Å². The van der Waals surface area contributed by atoms with Crippen LogP contribution in [0.15, 0.2) is 50.2 Å². The molecule has 0 saturated heterocycles. The minimum atomic E-state index is -3.65. The zero-order valence-corrected chi connectivity index (χ0v) is 17.3. The second-order valence-electron chi connectivity index (χ2n) is 5.35. The normalized spacial score (nSPS) is 11.6. The van der Waals surface area contributed by atoms with Gasteiger partial charge in [0.25, 0.3) is 5.91 Å². The standard InChI is InChI=1S/C16H16Br2N2O3S/c1-10-8-12(5-7-13(10)17)19-16(21)11-4-6-14(18)15(9-11)24(22,23)20(2)3/h4-9H,1-3H3,(H,19,21). The third kappa shape index (κ3) is 4.05. The van der Waals surface area contributed by atoms with Crippen LogP contribution in [0.25, 0.3) is 0 Å². The van der Waals surface area contributed by atoms with Gasteiger partial charge in [0.15, 0.2) is 0 Å². The molecule has 1 amide bonds. The lowest BCUT2D eigenvalue weighted by atomic mass is 10.2. The van der Waals surface area contributed by atoms with Gasteiger partial charge in [0, 0.05) is 34.3 Å². The van der Waals surface area contributed by atoms with Crippen LogP contribution in [-0.4, -0.2) is 32.7 Å². The lowest BCUT2D eigenvalue weighted by molar-refractivity contribution is 0.102. The maximum atomic E-state index is 12.4. The van der Waals surface area contributed by atoms with Gasteiger partial charge in [-0.25, -0.2) is 12.7 Å². The summed E-state index contributed by atoms with van der Waals surface area (Å²) in [6, 6.07) is 9.93. The number of hydrogen-bond donors (Lipinski definition) is 1. The highest BCUT2D eigenvalue weighted by Crippen LogP contribution is 2.26. The Morgan fingerprint density at radius 2 is 1.67 bits per heavy atom. The molecular formula is C16H16Br2N2O3S. The number of aryl methyl sites for hydroxylation is 1. The molecule has 0 saturated carbocycles. The molecule has 8 heteroatoms. The number of rotatable bonds is 4. The molecule has 0 fully saturated rings. The molecule has 2 rings (SSSR count). The van der Waals surface area contributed by atoms with E-state index in [0.717, 1.165) is 14.3 Å². The Bertz CT molecular complexity index is 896. The summed E-state index contributed by atoms with van der Waals surface area (Å²) in [5.41, 5.74) is 1.89. The Labute approximate surface area is 158 Å². The lowest BCUT2D eigenvalue weighted by Gasteiger charge is -2.14. The van der Waals surface area contributed by atoms with Crippen molar-refractivity contribution < 1.29 is 13.2 Å². The fourth-order valence-electron chi connectivity index (χ4n) is 1.96. The molecule has 0 bridgehead atoms. The van der Waals surface area contributed by atoms with Gasteiger partial charge in [-0.2, -0.15) is 0 Å². The molecule has 0 aliphatic rings. The third-order valence-corrected chi connectivity index (χ3v) is 7.07. The first-order valence-electron chi connectivity index (χ1n) is 6.92. The number of carbonyl (C=O) groups excluding carboxylic acids is 1. The van der Waals surface area contributed by atoms with E-state index in [2.05, 4.69) is 37.2 Å². The Morgan fingerprint density at radius 3 is 2.25 bits per heavy atom. The number of sulfonamides is 1. The molecular weight excluding hydrogens is 460 g/mol. The van der Waals surface area contributed by atoms with Crippen LogP contribution in [0.1, 0.15) is 15.9 Å². The van der Waals surface area contributed by atoms with Crippen molar-refractivity contribution in [2.24, 2.45) is 0 Å². The average molecular weight is 476 g/mol. The average Bonchev–Trinajstić information content (AvgIpc) is 2.51. The molecule has 0 unspecified atom stereocenters. The number of nitrogens with zero attached hydrogens (tertiary/aromatic N) is 1. The van der Waals surface area contributed by atoms with E-state index in [1.54, 1.807) is 18.2 Å². The van der Waals surface area contributed by atoms with Gasteiger partial charge in [0.2, 0.25) is 10.0 Å². The van der Waals surface area contributed by atoms with Gasteiger partial charge in [-0.3, -0.25) is 4.79 Å². The first kappa shape index (κ1) is 19.1. The highest BCUT2D eigenvalue weighted by atomic mass is 79.9. The molecule has 0 aromatic heterocycles. The Balaban J connectivity index is 2.35. The van der Waals surface area contributed by atoms with Crippen molar-refractivity contribution in [2.45, 2.75) is 11.8 Å². The van der Waals surface area contributed by atoms with Gasteiger partial charge < -0.3 is 5.32 Å². The Morgan fingerprint density at radius 1 is 1.04 bits per heavy atom. The molecule has 128 valence electrons. The van der Waals surface area contributed by atoms with Crippen LogP contribution in [0, 0.1) is 6.92 Å². The molecule has 1 N–H and O–H groups in total. The van der Waals surface area contributed by atoms with Crippen molar-refractivity contribution in [1.82, 2.24) is 4.31 Å². The van der Waals surface area contributed by atoms with Crippen molar-refractivity contribution in [3.05, 3.63) is 56.5 Å². The van der Waals surface area contributed by atoms with Gasteiger partial charge in [0.05, 0.1) is 4.90 Å². The zero-order valence-electron chi connectivity index (χ0n) is 13.3. The Hall–Kier alpha value is -1.22. The summed E-state index contributed by atoms with van der Waals surface area (Å²) < 4.78 is 27.1. The number of nitrogens with one attached hydrogen (secondary N) is 1. The first-order chi connectivity index (χ1) is 11.1. The predicted molar refractivity (Wildman–Crippen MR) is 102 cm³/mol. The predicted octanol–water partition coefficient (Wildman–Crippen LogP) is 4.02. The topological polar surface area (TPSA) is 66.5 Å². The van der Waals surface area contributed by atoms with Crippen LogP contribution >= 0.6 is 31.9 Å². The van der Waals surface area contributed by atoms with Crippen molar-refractivity contribution in [1.29, 1.82) is 0 Å². The maximum Gasteiger partial charge on any atom is 0.255 e. The van der Waals surface area contributed by atoms with E-state index in [1.165, 1.54) is 20.2 Å². The SMILES string of the molecule is Cc1cc(NC(=O)c2ccc(Br)c(S(=O)(=O)N(C)C)c2)ccc1Br. The molecule has 0 aliphatic heterocycles. The molecule has 0 radical (unpaired) electrons. The van der Waals surface area contributed by atoms with E-state index in [4.69, 9.17) is 0 Å². The molecule has 24 heavy (non-hydrogen) atoms. The minimum absolute atomic E-state index is 0.0483. The molecule has 5 nitrogen and oxygen atoms in total. The quantitative estimate of drug-likeness (QED) is 0.726. The summed E-state index contributed by atoms with van der Waals surface area (Å²) in [5.74, 6) is -0.376. The molecule has 0 heterocycles. The van der Waals surface area contributed by atoms with Gasteiger partial charge in [-0.1, -0.05) is 15.9 Å².